The first-order chi connectivity index (χ1) is 18.0. The number of benzene rings is 2. The Morgan fingerprint density at radius 2 is 1.76 bits per heavy atom. The van der Waals surface area contributed by atoms with Crippen LogP contribution in [-0.4, -0.2) is 39.0 Å². The molecule has 0 spiro atoms. The van der Waals surface area contributed by atoms with Crippen LogP contribution in [0.15, 0.2) is 65.7 Å². The zero-order valence-electron chi connectivity index (χ0n) is 20.0. The van der Waals surface area contributed by atoms with Gasteiger partial charge in [-0.25, -0.2) is 32.2 Å². The van der Waals surface area contributed by atoms with Gasteiger partial charge in [-0.3, -0.25) is 14.9 Å². The first-order valence-corrected chi connectivity index (χ1v) is 12.4. The zero-order chi connectivity index (χ0) is 27.4. The van der Waals surface area contributed by atoms with E-state index in [1.54, 1.807) is 19.9 Å². The number of aromatic nitrogens is 4. The zero-order valence-corrected chi connectivity index (χ0v) is 20.8. The highest BCUT2D eigenvalue weighted by Gasteiger charge is 2.18. The average molecular weight is 542 g/mol. The van der Waals surface area contributed by atoms with E-state index in [9.17, 15) is 27.7 Å². The molecule has 2 aromatic heterocycles. The van der Waals surface area contributed by atoms with Gasteiger partial charge in [-0.05, 0) is 56.3 Å². The third-order valence-electron chi connectivity index (χ3n) is 4.97. The fraction of sp³-hybridized carbons (Fsp3) is 0.130. The number of nitrogens with one attached hydrogen (secondary N) is 2. The Morgan fingerprint density at radius 3 is 2.42 bits per heavy atom. The van der Waals surface area contributed by atoms with E-state index in [2.05, 4.69) is 25.1 Å². The van der Waals surface area contributed by atoms with Gasteiger partial charge >= 0.3 is 5.69 Å². The molecule has 0 saturated carbocycles. The van der Waals surface area contributed by atoms with Gasteiger partial charge in [-0.1, -0.05) is 0 Å². The Morgan fingerprint density at radius 1 is 1.08 bits per heavy atom. The molecule has 15 heteroatoms. The summed E-state index contributed by atoms with van der Waals surface area (Å²) in [7, 11) is -3.96. The van der Waals surface area contributed by atoms with Crippen molar-refractivity contribution < 1.29 is 27.3 Å². The Hall–Kier alpha value is -4.92. The molecule has 0 atom stereocenters. The third-order valence-corrected chi connectivity index (χ3v) is 6.32. The van der Waals surface area contributed by atoms with E-state index in [-0.39, 0.29) is 29.0 Å². The molecule has 0 aliphatic carbocycles. The van der Waals surface area contributed by atoms with Crippen molar-refractivity contribution in [3.8, 4) is 5.75 Å². The second-order valence-electron chi connectivity index (χ2n) is 7.94. The Labute approximate surface area is 215 Å². The van der Waals surface area contributed by atoms with Gasteiger partial charge in [0.2, 0.25) is 11.7 Å². The van der Waals surface area contributed by atoms with Crippen molar-refractivity contribution in [2.75, 3.05) is 10.0 Å². The fourth-order valence-electron chi connectivity index (χ4n) is 3.31. The van der Waals surface area contributed by atoms with Crippen molar-refractivity contribution >= 4 is 33.3 Å². The van der Waals surface area contributed by atoms with Crippen LogP contribution in [0.5, 0.6) is 5.75 Å². The van der Waals surface area contributed by atoms with E-state index in [1.165, 1.54) is 41.2 Å². The number of halogens is 1. The number of rotatable bonds is 9. The molecule has 0 bridgehead atoms. The number of nitro groups is 1. The number of anilines is 2. The Balaban J connectivity index is 1.39. The molecule has 0 saturated heterocycles. The summed E-state index contributed by atoms with van der Waals surface area (Å²) in [6.45, 7) is 3.12. The lowest BCUT2D eigenvalue weighted by Gasteiger charge is -2.09. The lowest BCUT2D eigenvalue weighted by Crippen LogP contribution is -2.16. The summed E-state index contributed by atoms with van der Waals surface area (Å²) in [5.74, 6) is -1.64. The van der Waals surface area contributed by atoms with Gasteiger partial charge in [0.05, 0.1) is 9.82 Å². The molecule has 38 heavy (non-hydrogen) atoms. The molecular formula is C23H20FN7O6S. The predicted molar refractivity (Wildman–Crippen MR) is 133 cm³/mol. The Bertz CT molecular complexity index is 1600. The van der Waals surface area contributed by atoms with E-state index in [0.29, 0.717) is 17.1 Å². The largest absolute Gasteiger partial charge is 0.464 e. The molecule has 196 valence electrons. The summed E-state index contributed by atoms with van der Waals surface area (Å²) in [5.41, 5.74) is 1.10. The second-order valence-corrected chi connectivity index (χ2v) is 9.62. The van der Waals surface area contributed by atoms with Crippen molar-refractivity contribution in [3.05, 3.63) is 93.8 Å². The second kappa shape index (κ2) is 10.6. The van der Waals surface area contributed by atoms with E-state index in [4.69, 9.17) is 4.74 Å². The van der Waals surface area contributed by atoms with Crippen molar-refractivity contribution in [2.45, 2.75) is 25.5 Å². The highest BCUT2D eigenvalue weighted by molar-refractivity contribution is 7.92. The van der Waals surface area contributed by atoms with Gasteiger partial charge in [-0.15, -0.1) is 0 Å². The smallest absolute Gasteiger partial charge is 0.311 e. The van der Waals surface area contributed by atoms with E-state index in [1.807, 2.05) is 0 Å². The van der Waals surface area contributed by atoms with Crippen molar-refractivity contribution in [1.82, 2.24) is 19.7 Å². The summed E-state index contributed by atoms with van der Waals surface area (Å²) in [4.78, 5) is 31.0. The van der Waals surface area contributed by atoms with Gasteiger partial charge in [-0.2, -0.15) is 5.10 Å². The number of hydrogen-bond acceptors (Lipinski definition) is 9. The average Bonchev–Trinajstić information content (AvgIpc) is 3.31. The molecule has 2 N–H and O–H groups in total. The van der Waals surface area contributed by atoms with Crippen LogP contribution in [0.3, 0.4) is 0 Å². The van der Waals surface area contributed by atoms with E-state index >= 15 is 0 Å². The molecular weight excluding hydrogens is 521 g/mol. The van der Waals surface area contributed by atoms with Gasteiger partial charge in [0, 0.05) is 35.4 Å². The van der Waals surface area contributed by atoms with Crippen LogP contribution in [0.2, 0.25) is 0 Å². The van der Waals surface area contributed by atoms with Crippen LogP contribution < -0.4 is 14.8 Å². The van der Waals surface area contributed by atoms with Crippen LogP contribution in [0.1, 0.15) is 21.9 Å². The first-order valence-electron chi connectivity index (χ1n) is 10.9. The number of aryl methyl sites for hydroxylation is 2. The maximum absolute atomic E-state index is 13.5. The molecule has 0 aliphatic heterocycles. The number of ether oxygens (including phenoxy) is 1. The number of sulfonamides is 1. The molecule has 13 nitrogen and oxygen atoms in total. The van der Waals surface area contributed by atoms with Crippen LogP contribution in [-0.2, 0) is 16.8 Å². The Kier molecular flexibility index (Phi) is 7.29. The number of amides is 1. The van der Waals surface area contributed by atoms with Crippen LogP contribution in [0, 0.1) is 29.8 Å². The minimum Gasteiger partial charge on any atom is -0.464 e. The molecule has 4 rings (SSSR count). The molecule has 0 radical (unpaired) electrons. The van der Waals surface area contributed by atoms with Crippen LogP contribution in [0.4, 0.5) is 21.7 Å². The topological polar surface area (TPSA) is 171 Å². The van der Waals surface area contributed by atoms with Crippen molar-refractivity contribution in [2.24, 2.45) is 0 Å². The van der Waals surface area contributed by atoms with Gasteiger partial charge in [0.1, 0.15) is 5.82 Å². The minimum atomic E-state index is -3.96. The minimum absolute atomic E-state index is 0.00678. The first kappa shape index (κ1) is 26.2. The maximum Gasteiger partial charge on any atom is 0.311 e. The lowest BCUT2D eigenvalue weighted by atomic mass is 10.3. The molecule has 0 aliphatic rings. The van der Waals surface area contributed by atoms with E-state index < -0.39 is 32.4 Å². The lowest BCUT2D eigenvalue weighted by molar-refractivity contribution is -0.386. The molecule has 4 aromatic rings. The molecule has 0 fully saturated rings. The van der Waals surface area contributed by atoms with Crippen LogP contribution in [0.25, 0.3) is 0 Å². The van der Waals surface area contributed by atoms with Gasteiger partial charge in [0.25, 0.3) is 15.9 Å². The summed E-state index contributed by atoms with van der Waals surface area (Å²) in [6.07, 6.45) is 1.40. The molecule has 1 amide bonds. The van der Waals surface area contributed by atoms with Crippen molar-refractivity contribution in [3.63, 3.8) is 0 Å². The normalized spacial score (nSPS) is 11.1. The van der Waals surface area contributed by atoms with Crippen LogP contribution >= 0.6 is 0 Å². The van der Waals surface area contributed by atoms with Crippen molar-refractivity contribution in [1.29, 1.82) is 0 Å². The number of hydrogen-bond donors (Lipinski definition) is 2. The van der Waals surface area contributed by atoms with E-state index in [0.717, 1.165) is 18.2 Å². The predicted octanol–water partition coefficient (Wildman–Crippen LogP) is 3.43. The SMILES string of the molecule is Cc1cc(C)nc(NS(=O)(=O)c2ccc(NC(=O)c3ccn(COc4cc(F)ccc4[N+](=O)[O-])n3)cc2)n1. The molecule has 0 unspecified atom stereocenters. The van der Waals surface area contributed by atoms with Gasteiger partial charge in [0.15, 0.2) is 12.4 Å². The summed E-state index contributed by atoms with van der Waals surface area (Å²) >= 11 is 0. The summed E-state index contributed by atoms with van der Waals surface area (Å²) in [6, 6.07) is 11.3. The number of nitrogens with zero attached hydrogens (tertiary/aromatic N) is 5. The fourth-order valence-corrected chi connectivity index (χ4v) is 4.25. The highest BCUT2D eigenvalue weighted by Crippen LogP contribution is 2.27. The summed E-state index contributed by atoms with van der Waals surface area (Å²) < 4.78 is 47.6. The third kappa shape index (κ3) is 6.25. The monoisotopic (exact) mass is 541 g/mol. The number of carbonyl (C=O) groups excluding carboxylic acids is 1. The quantitative estimate of drug-likeness (QED) is 0.238. The summed E-state index contributed by atoms with van der Waals surface area (Å²) in [5, 5.41) is 17.7. The number of nitro benzene ring substituents is 1. The molecule has 2 aromatic carbocycles. The maximum atomic E-state index is 13.5. The van der Waals surface area contributed by atoms with Gasteiger partial charge < -0.3 is 10.1 Å². The molecule has 2 heterocycles. The standard InChI is InChI=1S/C23H20FN7O6S/c1-14-11-15(2)26-23(25-14)29-38(35,36)18-6-4-17(5-7-18)27-22(32)19-9-10-30(28-19)13-37-21-12-16(24)3-8-20(21)31(33)34/h3-12H,13H2,1-2H3,(H,27,32)(H,25,26,29). The highest BCUT2D eigenvalue weighted by atomic mass is 32.2. The number of carbonyl (C=O) groups is 1.